The maximum atomic E-state index is 6.17. The Hall–Kier alpha value is -1.07. The Morgan fingerprint density at radius 3 is 2.64 bits per heavy atom. The summed E-state index contributed by atoms with van der Waals surface area (Å²) >= 11 is 6.17. The molecule has 0 radical (unpaired) electrons. The molecule has 1 aromatic carbocycles. The highest BCUT2D eigenvalue weighted by molar-refractivity contribution is 6.31. The van der Waals surface area contributed by atoms with Crippen LogP contribution in [0.2, 0.25) is 5.02 Å². The second-order valence-electron chi connectivity index (χ2n) is 8.08. The Morgan fingerprint density at radius 1 is 1.12 bits per heavy atom. The van der Waals surface area contributed by atoms with E-state index in [0.717, 1.165) is 11.6 Å². The molecule has 5 heteroatoms. The van der Waals surface area contributed by atoms with Crippen molar-refractivity contribution in [2.24, 2.45) is 0 Å². The van der Waals surface area contributed by atoms with E-state index in [1.54, 1.807) is 0 Å². The zero-order chi connectivity index (χ0) is 17.6. The number of benzene rings is 1. The predicted molar refractivity (Wildman–Crippen MR) is 105 cm³/mol. The van der Waals surface area contributed by atoms with Crippen molar-refractivity contribution in [2.45, 2.75) is 31.8 Å². The van der Waals surface area contributed by atoms with Crippen molar-refractivity contribution >= 4 is 22.5 Å². The first-order valence-electron chi connectivity index (χ1n) is 9.36. The van der Waals surface area contributed by atoms with Crippen LogP contribution in [0.4, 0.5) is 0 Å². The van der Waals surface area contributed by atoms with Gasteiger partial charge in [-0.3, -0.25) is 9.80 Å². The molecule has 136 valence electrons. The number of halogens is 1. The maximum absolute atomic E-state index is 6.17. The fourth-order valence-corrected chi connectivity index (χ4v) is 4.84. The molecule has 0 unspecified atom stereocenters. The number of aromatic amines is 1. The SMILES string of the molecule is Cc1c(CN2CCC3(CC2)CN(C)CCN3C)[nH]c2ccc(Cl)cc12. The van der Waals surface area contributed by atoms with Crippen LogP contribution in [0.15, 0.2) is 18.2 Å². The van der Waals surface area contributed by atoms with E-state index < -0.39 is 0 Å². The lowest BCUT2D eigenvalue weighted by Gasteiger charge is -2.52. The van der Waals surface area contributed by atoms with E-state index in [2.05, 4.69) is 52.8 Å². The minimum Gasteiger partial charge on any atom is -0.357 e. The lowest BCUT2D eigenvalue weighted by molar-refractivity contribution is -0.0207. The number of piperazine rings is 1. The van der Waals surface area contributed by atoms with Crippen LogP contribution in [-0.2, 0) is 6.54 Å². The van der Waals surface area contributed by atoms with Crippen LogP contribution in [0, 0.1) is 6.92 Å². The summed E-state index contributed by atoms with van der Waals surface area (Å²) < 4.78 is 0. The Labute approximate surface area is 155 Å². The molecule has 2 saturated heterocycles. The molecule has 0 amide bonds. The minimum absolute atomic E-state index is 0.381. The zero-order valence-corrected chi connectivity index (χ0v) is 16.4. The number of hydrogen-bond acceptors (Lipinski definition) is 3. The van der Waals surface area contributed by atoms with Gasteiger partial charge in [0.2, 0.25) is 0 Å². The third-order valence-electron chi connectivity index (χ3n) is 6.48. The Balaban J connectivity index is 1.46. The van der Waals surface area contributed by atoms with Crippen molar-refractivity contribution in [1.82, 2.24) is 19.7 Å². The summed E-state index contributed by atoms with van der Waals surface area (Å²) in [5.74, 6) is 0. The van der Waals surface area contributed by atoms with Gasteiger partial charge in [0.05, 0.1) is 0 Å². The number of likely N-dealkylation sites (tertiary alicyclic amines) is 1. The quantitative estimate of drug-likeness (QED) is 0.889. The first kappa shape index (κ1) is 17.3. The number of fused-ring (bicyclic) bond motifs is 1. The average molecular weight is 361 g/mol. The van der Waals surface area contributed by atoms with Gasteiger partial charge in [-0.25, -0.2) is 0 Å². The Morgan fingerprint density at radius 2 is 1.88 bits per heavy atom. The first-order valence-corrected chi connectivity index (χ1v) is 9.73. The van der Waals surface area contributed by atoms with E-state index >= 15 is 0 Å². The van der Waals surface area contributed by atoms with Gasteiger partial charge < -0.3 is 9.88 Å². The highest BCUT2D eigenvalue weighted by Gasteiger charge is 2.41. The lowest BCUT2D eigenvalue weighted by atomic mass is 9.84. The van der Waals surface area contributed by atoms with Gasteiger partial charge in [-0.15, -0.1) is 0 Å². The normalized spacial score (nSPS) is 22.9. The molecule has 25 heavy (non-hydrogen) atoms. The van der Waals surface area contributed by atoms with Crippen molar-refractivity contribution in [1.29, 1.82) is 0 Å². The molecule has 2 aromatic rings. The summed E-state index contributed by atoms with van der Waals surface area (Å²) in [6.07, 6.45) is 2.53. The van der Waals surface area contributed by atoms with Crippen LogP contribution < -0.4 is 0 Å². The van der Waals surface area contributed by atoms with Crippen LogP contribution in [-0.4, -0.2) is 72.0 Å². The van der Waals surface area contributed by atoms with Gasteiger partial charge in [-0.2, -0.15) is 0 Å². The van der Waals surface area contributed by atoms with Crippen molar-refractivity contribution in [3.05, 3.63) is 34.5 Å². The molecule has 4 rings (SSSR count). The maximum Gasteiger partial charge on any atom is 0.0460 e. The van der Waals surface area contributed by atoms with Crippen molar-refractivity contribution in [2.75, 3.05) is 46.8 Å². The number of hydrogen-bond donors (Lipinski definition) is 1. The Kier molecular flexibility index (Phi) is 4.57. The molecule has 2 aliphatic heterocycles. The number of aryl methyl sites for hydroxylation is 1. The molecular weight excluding hydrogens is 332 g/mol. The van der Waals surface area contributed by atoms with Gasteiger partial charge in [0.15, 0.2) is 0 Å². The second-order valence-corrected chi connectivity index (χ2v) is 8.51. The first-order chi connectivity index (χ1) is 12.0. The molecule has 0 saturated carbocycles. The summed E-state index contributed by atoms with van der Waals surface area (Å²) in [5, 5.41) is 2.06. The van der Waals surface area contributed by atoms with Crippen LogP contribution >= 0.6 is 11.6 Å². The van der Waals surface area contributed by atoms with E-state index in [-0.39, 0.29) is 0 Å². The second kappa shape index (κ2) is 6.58. The van der Waals surface area contributed by atoms with Gasteiger partial charge in [0.1, 0.15) is 0 Å². The monoisotopic (exact) mass is 360 g/mol. The Bertz CT molecular complexity index is 760. The number of piperidine rings is 1. The molecule has 0 bridgehead atoms. The van der Waals surface area contributed by atoms with Crippen LogP contribution in [0.25, 0.3) is 10.9 Å². The van der Waals surface area contributed by atoms with Gasteiger partial charge in [0, 0.05) is 66.4 Å². The van der Waals surface area contributed by atoms with E-state index in [1.807, 2.05) is 6.07 Å². The summed E-state index contributed by atoms with van der Waals surface area (Å²) in [5.41, 5.74) is 4.25. The number of H-pyrrole nitrogens is 1. The van der Waals surface area contributed by atoms with E-state index in [0.29, 0.717) is 5.54 Å². The number of nitrogens with one attached hydrogen (secondary N) is 1. The standard InChI is InChI=1S/C20H29ClN4/c1-15-17-12-16(21)4-5-18(17)22-19(15)13-25-8-6-20(7-9-25)14-23(2)10-11-24(20)3/h4-5,12,22H,6-11,13-14H2,1-3H3. The topological polar surface area (TPSA) is 25.5 Å². The van der Waals surface area contributed by atoms with Gasteiger partial charge in [0.25, 0.3) is 0 Å². The summed E-state index contributed by atoms with van der Waals surface area (Å²) in [7, 11) is 4.58. The predicted octanol–water partition coefficient (Wildman–Crippen LogP) is 3.34. The molecule has 3 heterocycles. The van der Waals surface area contributed by atoms with Crippen LogP contribution in [0.3, 0.4) is 0 Å². The molecule has 1 spiro atoms. The average Bonchev–Trinajstić information content (AvgIpc) is 2.89. The number of aromatic nitrogens is 1. The summed E-state index contributed by atoms with van der Waals surface area (Å²) in [4.78, 5) is 11.3. The molecule has 2 aliphatic rings. The summed E-state index contributed by atoms with van der Waals surface area (Å²) in [6, 6.07) is 6.13. The smallest absolute Gasteiger partial charge is 0.0460 e. The van der Waals surface area contributed by atoms with Crippen molar-refractivity contribution in [3.63, 3.8) is 0 Å². The largest absolute Gasteiger partial charge is 0.357 e. The van der Waals surface area contributed by atoms with E-state index in [4.69, 9.17) is 11.6 Å². The van der Waals surface area contributed by atoms with Gasteiger partial charge in [-0.05, 0) is 57.6 Å². The lowest BCUT2D eigenvalue weighted by Crippen LogP contribution is -2.63. The third kappa shape index (κ3) is 3.21. The number of rotatable bonds is 2. The minimum atomic E-state index is 0.381. The molecule has 2 fully saturated rings. The van der Waals surface area contributed by atoms with Crippen LogP contribution in [0.1, 0.15) is 24.1 Å². The highest BCUT2D eigenvalue weighted by Crippen LogP contribution is 2.32. The fraction of sp³-hybridized carbons (Fsp3) is 0.600. The zero-order valence-electron chi connectivity index (χ0n) is 15.6. The van der Waals surface area contributed by atoms with E-state index in [1.165, 1.54) is 67.7 Å². The van der Waals surface area contributed by atoms with Gasteiger partial charge in [-0.1, -0.05) is 11.6 Å². The molecule has 4 nitrogen and oxygen atoms in total. The number of nitrogens with zero attached hydrogens (tertiary/aromatic N) is 3. The highest BCUT2D eigenvalue weighted by atomic mass is 35.5. The molecular formula is C20H29ClN4. The molecule has 0 aliphatic carbocycles. The third-order valence-corrected chi connectivity index (χ3v) is 6.72. The molecule has 0 atom stereocenters. The molecule has 1 N–H and O–H groups in total. The van der Waals surface area contributed by atoms with Crippen molar-refractivity contribution < 1.29 is 0 Å². The number of likely N-dealkylation sites (N-methyl/N-ethyl adjacent to an activating group) is 2. The van der Waals surface area contributed by atoms with Gasteiger partial charge >= 0.3 is 0 Å². The van der Waals surface area contributed by atoms with Crippen molar-refractivity contribution in [3.8, 4) is 0 Å². The fourth-order valence-electron chi connectivity index (χ4n) is 4.66. The van der Waals surface area contributed by atoms with Crippen LogP contribution in [0.5, 0.6) is 0 Å². The van der Waals surface area contributed by atoms with E-state index in [9.17, 15) is 0 Å². The summed E-state index contributed by atoms with van der Waals surface area (Å²) in [6.45, 7) is 9.16. The molecule has 1 aromatic heterocycles.